The lowest BCUT2D eigenvalue weighted by molar-refractivity contribution is 0.583. The first-order valence-corrected chi connectivity index (χ1v) is 7.86. The van der Waals surface area contributed by atoms with Gasteiger partial charge in [-0.25, -0.2) is 0 Å². The lowest BCUT2D eigenvalue weighted by atomic mass is 10.2. The summed E-state index contributed by atoms with van der Waals surface area (Å²) in [4.78, 5) is 4.58. The van der Waals surface area contributed by atoms with Gasteiger partial charge in [0.25, 0.3) is 0 Å². The van der Waals surface area contributed by atoms with Crippen LogP contribution in [0.5, 0.6) is 0 Å². The molecule has 2 N–H and O–H groups in total. The molecule has 0 radical (unpaired) electrons. The van der Waals surface area contributed by atoms with Crippen LogP contribution in [0.25, 0.3) is 0 Å². The van der Waals surface area contributed by atoms with Crippen LogP contribution in [0.2, 0.25) is 0 Å². The quantitative estimate of drug-likeness (QED) is 0.393. The lowest BCUT2D eigenvalue weighted by Crippen LogP contribution is -2.37. The fraction of sp³-hybridized carbons (Fsp3) is 0.733. The highest BCUT2D eigenvalue weighted by Gasteiger charge is 1.96. The summed E-state index contributed by atoms with van der Waals surface area (Å²) >= 11 is 0. The van der Waals surface area contributed by atoms with Gasteiger partial charge >= 0.3 is 0 Å². The summed E-state index contributed by atoms with van der Waals surface area (Å²) in [6.45, 7) is 7.98. The molecule has 0 aliphatic carbocycles. The summed E-state index contributed by atoms with van der Waals surface area (Å²) in [6, 6.07) is 1.95. The highest BCUT2D eigenvalue weighted by atomic mass is 15.3. The number of nitrogens with zero attached hydrogens (tertiary/aromatic N) is 3. The van der Waals surface area contributed by atoms with Crippen molar-refractivity contribution in [2.45, 2.75) is 52.5 Å². The first-order valence-electron chi connectivity index (χ1n) is 7.86. The molecule has 1 heterocycles. The van der Waals surface area contributed by atoms with Gasteiger partial charge in [-0.2, -0.15) is 5.10 Å². The minimum Gasteiger partial charge on any atom is -0.357 e. The summed E-state index contributed by atoms with van der Waals surface area (Å²) in [5.41, 5.74) is 0. The third kappa shape index (κ3) is 7.81. The van der Waals surface area contributed by atoms with Crippen LogP contribution in [0.4, 0.5) is 0 Å². The van der Waals surface area contributed by atoms with Crippen LogP contribution in [0.1, 0.15) is 46.0 Å². The van der Waals surface area contributed by atoms with Crippen molar-refractivity contribution in [3.63, 3.8) is 0 Å². The maximum absolute atomic E-state index is 4.58. The Hall–Kier alpha value is -1.52. The minimum absolute atomic E-state index is 0.824. The normalized spacial score (nSPS) is 11.6. The van der Waals surface area contributed by atoms with E-state index in [9.17, 15) is 0 Å². The summed E-state index contributed by atoms with van der Waals surface area (Å²) in [5, 5.41) is 10.9. The zero-order chi connectivity index (χ0) is 14.5. The number of aliphatic imine (C=N–C) groups is 1. The number of hydrogen-bond donors (Lipinski definition) is 2. The molecule has 0 amide bonds. The monoisotopic (exact) mass is 279 g/mol. The van der Waals surface area contributed by atoms with E-state index in [1.54, 1.807) is 0 Å². The number of aromatic nitrogens is 2. The van der Waals surface area contributed by atoms with Gasteiger partial charge in [0.2, 0.25) is 0 Å². The molecule has 1 aromatic heterocycles. The minimum atomic E-state index is 0.824. The molecular weight excluding hydrogens is 250 g/mol. The van der Waals surface area contributed by atoms with E-state index in [0.717, 1.165) is 38.6 Å². The van der Waals surface area contributed by atoms with E-state index in [2.05, 4.69) is 34.6 Å². The number of nitrogens with one attached hydrogen (secondary N) is 2. The van der Waals surface area contributed by atoms with E-state index in [-0.39, 0.29) is 0 Å². The molecule has 0 saturated carbocycles. The number of unbranched alkanes of at least 4 members (excludes halogenated alkanes) is 3. The molecule has 0 aliphatic heterocycles. The molecule has 0 saturated heterocycles. The summed E-state index contributed by atoms with van der Waals surface area (Å²) in [5.74, 6) is 0.935. The Labute approximate surface area is 122 Å². The standard InChI is InChI=1S/C15H29N5/c1-3-5-6-7-10-17-15(16-4-2)18-11-8-13-20-14-9-12-19-20/h9,12,14H,3-8,10-11,13H2,1-2H3,(H2,16,17,18). The number of guanidine groups is 1. The van der Waals surface area contributed by atoms with Crippen molar-refractivity contribution in [2.24, 2.45) is 4.99 Å². The van der Waals surface area contributed by atoms with Gasteiger partial charge in [0, 0.05) is 38.6 Å². The molecule has 5 nitrogen and oxygen atoms in total. The molecule has 5 heteroatoms. The largest absolute Gasteiger partial charge is 0.357 e. The maximum Gasteiger partial charge on any atom is 0.191 e. The summed E-state index contributed by atoms with van der Waals surface area (Å²) in [7, 11) is 0. The van der Waals surface area contributed by atoms with E-state index in [0.29, 0.717) is 0 Å². The van der Waals surface area contributed by atoms with Gasteiger partial charge in [-0.3, -0.25) is 9.67 Å². The van der Waals surface area contributed by atoms with Crippen LogP contribution in [0.15, 0.2) is 23.5 Å². The van der Waals surface area contributed by atoms with Crippen molar-refractivity contribution >= 4 is 5.96 Å². The number of aryl methyl sites for hydroxylation is 1. The molecule has 0 fully saturated rings. The van der Waals surface area contributed by atoms with Crippen molar-refractivity contribution < 1.29 is 0 Å². The van der Waals surface area contributed by atoms with E-state index in [4.69, 9.17) is 0 Å². The Kier molecular flexibility index (Phi) is 9.36. The number of hydrogen-bond acceptors (Lipinski definition) is 2. The van der Waals surface area contributed by atoms with E-state index in [1.165, 1.54) is 25.7 Å². The van der Waals surface area contributed by atoms with E-state index in [1.807, 2.05) is 23.1 Å². The van der Waals surface area contributed by atoms with Crippen molar-refractivity contribution in [2.75, 3.05) is 19.6 Å². The smallest absolute Gasteiger partial charge is 0.191 e. The predicted molar refractivity (Wildman–Crippen MR) is 85.0 cm³/mol. The molecule has 0 spiro atoms. The van der Waals surface area contributed by atoms with Crippen LogP contribution in [-0.4, -0.2) is 35.4 Å². The Bertz CT molecular complexity index is 345. The summed E-state index contributed by atoms with van der Waals surface area (Å²) < 4.78 is 1.95. The molecule has 1 aromatic rings. The molecule has 0 bridgehead atoms. The Balaban J connectivity index is 2.16. The molecule has 114 valence electrons. The summed E-state index contributed by atoms with van der Waals surface area (Å²) in [6.07, 6.45) is 9.91. The SMILES string of the molecule is CCCCCCNC(=NCCCn1cccn1)NCC. The predicted octanol–water partition coefficient (Wildman–Crippen LogP) is 2.41. The Morgan fingerprint density at radius 1 is 1.15 bits per heavy atom. The zero-order valence-corrected chi connectivity index (χ0v) is 12.9. The van der Waals surface area contributed by atoms with Gasteiger partial charge in [-0.1, -0.05) is 26.2 Å². The average molecular weight is 279 g/mol. The van der Waals surface area contributed by atoms with Gasteiger partial charge in [0.1, 0.15) is 0 Å². The van der Waals surface area contributed by atoms with Gasteiger partial charge < -0.3 is 10.6 Å². The lowest BCUT2D eigenvalue weighted by Gasteiger charge is -2.11. The van der Waals surface area contributed by atoms with Crippen LogP contribution >= 0.6 is 0 Å². The first kappa shape index (κ1) is 16.5. The molecule has 0 unspecified atom stereocenters. The second-order valence-corrected chi connectivity index (χ2v) is 4.87. The number of rotatable bonds is 10. The van der Waals surface area contributed by atoms with E-state index < -0.39 is 0 Å². The fourth-order valence-electron chi connectivity index (χ4n) is 1.96. The van der Waals surface area contributed by atoms with Crippen molar-refractivity contribution in [1.29, 1.82) is 0 Å². The van der Waals surface area contributed by atoms with Crippen molar-refractivity contribution in [3.05, 3.63) is 18.5 Å². The van der Waals surface area contributed by atoms with Crippen molar-refractivity contribution in [1.82, 2.24) is 20.4 Å². The Morgan fingerprint density at radius 3 is 2.75 bits per heavy atom. The van der Waals surface area contributed by atoms with Crippen molar-refractivity contribution in [3.8, 4) is 0 Å². The third-order valence-electron chi connectivity index (χ3n) is 3.04. The molecule has 1 rings (SSSR count). The Morgan fingerprint density at radius 2 is 2.05 bits per heavy atom. The topological polar surface area (TPSA) is 54.2 Å². The molecule has 0 aliphatic rings. The van der Waals surface area contributed by atoms with Gasteiger partial charge in [0.05, 0.1) is 0 Å². The third-order valence-corrected chi connectivity index (χ3v) is 3.04. The molecular formula is C15H29N5. The average Bonchev–Trinajstić information content (AvgIpc) is 2.96. The van der Waals surface area contributed by atoms with Crippen LogP contribution in [0, 0.1) is 0 Å². The highest BCUT2D eigenvalue weighted by molar-refractivity contribution is 5.79. The molecule has 0 atom stereocenters. The highest BCUT2D eigenvalue weighted by Crippen LogP contribution is 1.97. The maximum atomic E-state index is 4.58. The van der Waals surface area contributed by atoms with E-state index >= 15 is 0 Å². The van der Waals surface area contributed by atoms with Gasteiger partial charge in [-0.15, -0.1) is 0 Å². The first-order chi connectivity index (χ1) is 9.86. The second kappa shape index (κ2) is 11.3. The molecule has 20 heavy (non-hydrogen) atoms. The van der Waals surface area contributed by atoms with Crippen LogP contribution < -0.4 is 10.6 Å². The zero-order valence-electron chi connectivity index (χ0n) is 12.9. The molecule has 0 aromatic carbocycles. The van der Waals surface area contributed by atoms with Gasteiger partial charge in [0.15, 0.2) is 5.96 Å². The fourth-order valence-corrected chi connectivity index (χ4v) is 1.96. The van der Waals surface area contributed by atoms with Crippen LogP contribution in [0.3, 0.4) is 0 Å². The van der Waals surface area contributed by atoms with Crippen LogP contribution in [-0.2, 0) is 6.54 Å². The van der Waals surface area contributed by atoms with Gasteiger partial charge in [-0.05, 0) is 25.8 Å². The second-order valence-electron chi connectivity index (χ2n) is 4.87.